The van der Waals surface area contributed by atoms with Gasteiger partial charge in [-0.3, -0.25) is 9.59 Å². The lowest BCUT2D eigenvalue weighted by molar-refractivity contribution is -0.138. The van der Waals surface area contributed by atoms with Gasteiger partial charge in [0.1, 0.15) is 0 Å². The number of hydrogen-bond acceptors (Lipinski definition) is 4. The lowest BCUT2D eigenvalue weighted by atomic mass is 10.1. The van der Waals surface area contributed by atoms with Crippen LogP contribution in [0.3, 0.4) is 0 Å². The summed E-state index contributed by atoms with van der Waals surface area (Å²) in [6.45, 7) is 1.26. The molecule has 0 saturated carbocycles. The molecule has 0 amide bonds. The Morgan fingerprint density at radius 3 is 1.36 bits per heavy atom. The van der Waals surface area contributed by atoms with Crippen LogP contribution in [0.2, 0.25) is 0 Å². The molecule has 0 aliphatic carbocycles. The fourth-order valence-electron chi connectivity index (χ4n) is 2.87. The van der Waals surface area contributed by atoms with Crippen molar-refractivity contribution in [3.63, 3.8) is 0 Å². The average molecular weight is 395 g/mol. The molecule has 0 bridgehead atoms. The van der Waals surface area contributed by atoms with Gasteiger partial charge in [0.15, 0.2) is 11.5 Å². The van der Waals surface area contributed by atoms with Crippen LogP contribution in [0.4, 0.5) is 0 Å². The third-order valence-electron chi connectivity index (χ3n) is 4.43. The fraction of sp³-hybridized carbons (Fsp3) is 0.636. The molecule has 0 aromatic heterocycles. The van der Waals surface area contributed by atoms with Crippen molar-refractivity contribution < 1.29 is 29.3 Å². The second-order valence-corrected chi connectivity index (χ2v) is 6.97. The zero-order chi connectivity index (χ0) is 20.5. The number of unbranched alkanes of at least 4 members (excludes halogenated alkanes) is 8. The van der Waals surface area contributed by atoms with Crippen LogP contribution in [0.1, 0.15) is 77.0 Å². The van der Waals surface area contributed by atoms with Crippen molar-refractivity contribution in [2.24, 2.45) is 0 Å². The number of aliphatic carboxylic acids is 2. The summed E-state index contributed by atoms with van der Waals surface area (Å²) < 4.78 is 11.7. The molecule has 0 radical (unpaired) electrons. The Bertz CT molecular complexity index is 509. The zero-order valence-corrected chi connectivity index (χ0v) is 16.7. The lowest BCUT2D eigenvalue weighted by Gasteiger charge is -2.12. The summed E-state index contributed by atoms with van der Waals surface area (Å²) in [5.74, 6) is 0.0703. The SMILES string of the molecule is O=C(O)CCCCCCCOc1ccccc1OCCCCCCCC(=O)O. The molecule has 0 fully saturated rings. The first-order valence-electron chi connectivity index (χ1n) is 10.4. The Morgan fingerprint density at radius 1 is 0.607 bits per heavy atom. The van der Waals surface area contributed by atoms with Crippen LogP contribution in [0, 0.1) is 0 Å². The van der Waals surface area contributed by atoms with E-state index >= 15 is 0 Å². The van der Waals surface area contributed by atoms with Crippen molar-refractivity contribution in [2.45, 2.75) is 77.0 Å². The molecule has 2 N–H and O–H groups in total. The second kappa shape index (κ2) is 15.8. The smallest absolute Gasteiger partial charge is 0.303 e. The molecule has 6 nitrogen and oxygen atoms in total. The van der Waals surface area contributed by atoms with E-state index in [2.05, 4.69) is 0 Å². The molecule has 1 rings (SSSR count). The molecule has 0 aliphatic rings. The van der Waals surface area contributed by atoms with Gasteiger partial charge < -0.3 is 19.7 Å². The Balaban J connectivity index is 2.10. The van der Waals surface area contributed by atoms with E-state index in [-0.39, 0.29) is 12.8 Å². The summed E-state index contributed by atoms with van der Waals surface area (Å²) >= 11 is 0. The Labute approximate surface area is 167 Å². The molecule has 0 heterocycles. The minimum Gasteiger partial charge on any atom is -0.490 e. The van der Waals surface area contributed by atoms with Crippen LogP contribution in [-0.2, 0) is 9.59 Å². The van der Waals surface area contributed by atoms with Gasteiger partial charge in [-0.1, -0.05) is 50.7 Å². The molecule has 28 heavy (non-hydrogen) atoms. The third kappa shape index (κ3) is 13.0. The van der Waals surface area contributed by atoms with Gasteiger partial charge in [-0.15, -0.1) is 0 Å². The van der Waals surface area contributed by atoms with E-state index in [1.807, 2.05) is 24.3 Å². The standard InChI is InChI=1S/C22H34O6/c23-21(24)15-7-3-1-5-11-17-27-19-13-9-10-14-20(19)28-18-12-6-2-4-8-16-22(25)26/h9-10,13-14H,1-8,11-12,15-18H2,(H,23,24)(H,25,26). The van der Waals surface area contributed by atoms with E-state index < -0.39 is 11.9 Å². The van der Waals surface area contributed by atoms with Gasteiger partial charge in [-0.2, -0.15) is 0 Å². The van der Waals surface area contributed by atoms with Crippen LogP contribution in [0.5, 0.6) is 11.5 Å². The molecule has 0 saturated heterocycles. The molecule has 1 aromatic rings. The summed E-state index contributed by atoms with van der Waals surface area (Å²) in [5.41, 5.74) is 0. The maximum Gasteiger partial charge on any atom is 0.303 e. The number of ether oxygens (including phenoxy) is 2. The molecule has 0 spiro atoms. The number of benzene rings is 1. The number of rotatable bonds is 18. The van der Waals surface area contributed by atoms with Gasteiger partial charge in [0.25, 0.3) is 0 Å². The Hall–Kier alpha value is -2.24. The lowest BCUT2D eigenvalue weighted by Crippen LogP contribution is -2.02. The van der Waals surface area contributed by atoms with Crippen LogP contribution in [0.25, 0.3) is 0 Å². The van der Waals surface area contributed by atoms with E-state index in [1.165, 1.54) is 0 Å². The van der Waals surface area contributed by atoms with Crippen LogP contribution in [0.15, 0.2) is 24.3 Å². The molecule has 0 aliphatic heterocycles. The predicted octanol–water partition coefficient (Wildman–Crippen LogP) is 5.29. The predicted molar refractivity (Wildman–Crippen MR) is 108 cm³/mol. The van der Waals surface area contributed by atoms with E-state index in [0.717, 1.165) is 75.7 Å². The molecule has 1 aromatic carbocycles. The van der Waals surface area contributed by atoms with E-state index in [0.29, 0.717) is 13.2 Å². The Kier molecular flexibility index (Phi) is 13.4. The minimum absolute atomic E-state index is 0.254. The van der Waals surface area contributed by atoms with Crippen LogP contribution in [-0.4, -0.2) is 35.4 Å². The maximum absolute atomic E-state index is 10.4. The van der Waals surface area contributed by atoms with Crippen molar-refractivity contribution >= 4 is 11.9 Å². The van der Waals surface area contributed by atoms with Crippen molar-refractivity contribution in [2.75, 3.05) is 13.2 Å². The van der Waals surface area contributed by atoms with Crippen molar-refractivity contribution in [1.29, 1.82) is 0 Å². The highest BCUT2D eigenvalue weighted by atomic mass is 16.5. The summed E-state index contributed by atoms with van der Waals surface area (Å²) in [6.07, 6.45) is 9.89. The van der Waals surface area contributed by atoms with Crippen molar-refractivity contribution in [1.82, 2.24) is 0 Å². The number of para-hydroxylation sites is 2. The van der Waals surface area contributed by atoms with Gasteiger partial charge in [-0.05, 0) is 37.8 Å². The zero-order valence-electron chi connectivity index (χ0n) is 16.7. The first-order chi connectivity index (χ1) is 13.6. The number of carboxylic acid groups (broad SMARTS) is 2. The average Bonchev–Trinajstić information content (AvgIpc) is 2.66. The van der Waals surface area contributed by atoms with Gasteiger partial charge in [0, 0.05) is 12.8 Å². The van der Waals surface area contributed by atoms with Gasteiger partial charge in [0.2, 0.25) is 0 Å². The molecular formula is C22H34O6. The molecule has 6 heteroatoms. The van der Waals surface area contributed by atoms with Gasteiger partial charge in [-0.25, -0.2) is 0 Å². The first-order valence-corrected chi connectivity index (χ1v) is 10.4. The normalized spacial score (nSPS) is 10.6. The molecule has 0 unspecified atom stereocenters. The first kappa shape index (κ1) is 23.8. The van der Waals surface area contributed by atoms with Gasteiger partial charge >= 0.3 is 11.9 Å². The van der Waals surface area contributed by atoms with Crippen LogP contribution < -0.4 is 9.47 Å². The minimum atomic E-state index is -0.724. The monoisotopic (exact) mass is 394 g/mol. The highest BCUT2D eigenvalue weighted by molar-refractivity contribution is 5.66. The number of hydrogen-bond donors (Lipinski definition) is 2. The van der Waals surface area contributed by atoms with E-state index in [4.69, 9.17) is 19.7 Å². The number of carbonyl (C=O) groups is 2. The highest BCUT2D eigenvalue weighted by Crippen LogP contribution is 2.27. The van der Waals surface area contributed by atoms with Crippen LogP contribution >= 0.6 is 0 Å². The van der Waals surface area contributed by atoms with Crippen molar-refractivity contribution in [3.8, 4) is 11.5 Å². The topological polar surface area (TPSA) is 93.1 Å². The third-order valence-corrected chi connectivity index (χ3v) is 4.43. The molecular weight excluding hydrogens is 360 g/mol. The number of carboxylic acids is 2. The fourth-order valence-corrected chi connectivity index (χ4v) is 2.87. The quantitative estimate of drug-likeness (QED) is 0.328. The molecule has 0 atom stereocenters. The maximum atomic E-state index is 10.4. The summed E-state index contributed by atoms with van der Waals surface area (Å²) in [6, 6.07) is 7.68. The summed E-state index contributed by atoms with van der Waals surface area (Å²) in [4.78, 5) is 20.9. The largest absolute Gasteiger partial charge is 0.490 e. The van der Waals surface area contributed by atoms with Crippen molar-refractivity contribution in [3.05, 3.63) is 24.3 Å². The highest BCUT2D eigenvalue weighted by Gasteiger charge is 2.04. The summed E-state index contributed by atoms with van der Waals surface area (Å²) in [7, 11) is 0. The second-order valence-electron chi connectivity index (χ2n) is 6.97. The summed E-state index contributed by atoms with van der Waals surface area (Å²) in [5, 5.41) is 17.2. The van der Waals surface area contributed by atoms with E-state index in [9.17, 15) is 9.59 Å². The van der Waals surface area contributed by atoms with E-state index in [1.54, 1.807) is 0 Å². The van der Waals surface area contributed by atoms with Gasteiger partial charge in [0.05, 0.1) is 13.2 Å². The molecule has 158 valence electrons. The Morgan fingerprint density at radius 2 is 0.964 bits per heavy atom.